The molecule has 1 aliphatic rings. The van der Waals surface area contributed by atoms with Gasteiger partial charge in [0.15, 0.2) is 6.10 Å². The van der Waals surface area contributed by atoms with E-state index in [2.05, 4.69) is 10.6 Å². The highest BCUT2D eigenvalue weighted by atomic mass is 35.5. The highest BCUT2D eigenvalue weighted by molar-refractivity contribution is 8.01. The van der Waals surface area contributed by atoms with E-state index < -0.39 is 28.2 Å². The number of non-ortho nitro benzene ring substituents is 1. The zero-order chi connectivity index (χ0) is 21.8. The second-order valence-electron chi connectivity index (χ2n) is 6.37. The number of amides is 2. The molecular formula is C19H16ClN3O6S. The molecule has 1 aliphatic heterocycles. The number of fused-ring (bicyclic) bond motifs is 1. The van der Waals surface area contributed by atoms with Crippen LogP contribution in [0.4, 0.5) is 17.1 Å². The first-order chi connectivity index (χ1) is 14.2. The van der Waals surface area contributed by atoms with Gasteiger partial charge in [0.1, 0.15) is 0 Å². The Morgan fingerprint density at radius 1 is 1.33 bits per heavy atom. The molecule has 2 N–H and O–H groups in total. The highest BCUT2D eigenvalue weighted by Crippen LogP contribution is 2.38. The van der Waals surface area contributed by atoms with E-state index in [9.17, 15) is 24.5 Å². The van der Waals surface area contributed by atoms with E-state index in [0.29, 0.717) is 10.7 Å². The van der Waals surface area contributed by atoms with E-state index in [1.165, 1.54) is 43.0 Å². The number of hydrogen-bond donors (Lipinski definition) is 2. The second-order valence-corrected chi connectivity index (χ2v) is 8.05. The van der Waals surface area contributed by atoms with Crippen LogP contribution in [0.15, 0.2) is 47.4 Å². The summed E-state index contributed by atoms with van der Waals surface area (Å²) in [6.45, 7) is 1.37. The predicted molar refractivity (Wildman–Crippen MR) is 112 cm³/mol. The van der Waals surface area contributed by atoms with Gasteiger partial charge < -0.3 is 15.4 Å². The number of halogens is 1. The van der Waals surface area contributed by atoms with Crippen LogP contribution in [0.25, 0.3) is 0 Å². The van der Waals surface area contributed by atoms with E-state index in [0.717, 1.165) is 4.90 Å². The standard InChI is InChI=1S/C19H16ClN3O6S/c1-10(18(25)21-12-3-2-4-13(8-12)23(27)28)29-17(24)9-16-19(26)22-14-7-11(20)5-6-15(14)30-16/h2-8,10,16H,9H2,1H3,(H,21,25)(H,22,26). The lowest BCUT2D eigenvalue weighted by Crippen LogP contribution is -2.34. The lowest BCUT2D eigenvalue weighted by molar-refractivity contribution is -0.384. The molecule has 0 radical (unpaired) electrons. The summed E-state index contributed by atoms with van der Waals surface area (Å²) in [6, 6.07) is 10.4. The molecule has 30 heavy (non-hydrogen) atoms. The first-order valence-electron chi connectivity index (χ1n) is 8.75. The summed E-state index contributed by atoms with van der Waals surface area (Å²) in [5, 5.41) is 15.7. The normalized spacial score (nSPS) is 16.1. The molecule has 0 fully saturated rings. The third kappa shape index (κ3) is 5.28. The van der Waals surface area contributed by atoms with E-state index in [-0.39, 0.29) is 23.7 Å². The molecule has 0 aromatic heterocycles. The topological polar surface area (TPSA) is 128 Å². The summed E-state index contributed by atoms with van der Waals surface area (Å²) in [5.74, 6) is -1.73. The Kier molecular flexibility index (Phi) is 6.58. The molecule has 0 saturated heterocycles. The predicted octanol–water partition coefficient (Wildman–Crippen LogP) is 3.62. The van der Waals surface area contributed by atoms with Crippen LogP contribution in [-0.4, -0.2) is 34.1 Å². The van der Waals surface area contributed by atoms with Gasteiger partial charge in [-0.1, -0.05) is 17.7 Å². The number of nitrogens with one attached hydrogen (secondary N) is 2. The summed E-state index contributed by atoms with van der Waals surface area (Å²) in [6.07, 6.45) is -1.38. The van der Waals surface area contributed by atoms with Gasteiger partial charge in [0.05, 0.1) is 22.3 Å². The summed E-state index contributed by atoms with van der Waals surface area (Å²) in [4.78, 5) is 47.7. The number of carbonyl (C=O) groups excluding carboxylic acids is 3. The fraction of sp³-hybridized carbons (Fsp3) is 0.211. The smallest absolute Gasteiger partial charge is 0.308 e. The van der Waals surface area contributed by atoms with Crippen LogP contribution in [0.3, 0.4) is 0 Å². The Hall–Kier alpha value is -3.11. The molecule has 0 bridgehead atoms. The van der Waals surface area contributed by atoms with E-state index in [1.54, 1.807) is 18.2 Å². The number of ether oxygens (including phenoxy) is 1. The molecule has 2 atom stereocenters. The van der Waals surface area contributed by atoms with Gasteiger partial charge in [-0.3, -0.25) is 24.5 Å². The van der Waals surface area contributed by atoms with Crippen molar-refractivity contribution < 1.29 is 24.0 Å². The van der Waals surface area contributed by atoms with Gasteiger partial charge in [-0.2, -0.15) is 0 Å². The zero-order valence-corrected chi connectivity index (χ0v) is 17.2. The Balaban J connectivity index is 1.56. The Labute approximate surface area is 180 Å². The minimum absolute atomic E-state index is 0.181. The van der Waals surface area contributed by atoms with E-state index >= 15 is 0 Å². The SMILES string of the molecule is CC(OC(=O)CC1Sc2ccc(Cl)cc2NC1=O)C(=O)Nc1cccc([N+](=O)[O-])c1. The maximum absolute atomic E-state index is 12.2. The van der Waals surface area contributed by atoms with E-state index in [4.69, 9.17) is 16.3 Å². The zero-order valence-electron chi connectivity index (χ0n) is 15.6. The number of rotatable bonds is 6. The molecule has 2 unspecified atom stereocenters. The first-order valence-corrected chi connectivity index (χ1v) is 10.0. The fourth-order valence-corrected chi connectivity index (χ4v) is 3.90. The minimum atomic E-state index is -1.15. The lowest BCUT2D eigenvalue weighted by Gasteiger charge is -2.24. The van der Waals surface area contributed by atoms with Crippen molar-refractivity contribution in [1.82, 2.24) is 0 Å². The molecule has 156 valence electrons. The third-order valence-electron chi connectivity index (χ3n) is 4.12. The number of nitro groups is 1. The van der Waals surface area contributed by atoms with Crippen molar-refractivity contribution in [1.29, 1.82) is 0 Å². The first kappa shape index (κ1) is 21.6. The number of benzene rings is 2. The van der Waals surface area contributed by atoms with Crippen LogP contribution in [0.5, 0.6) is 0 Å². The summed E-state index contributed by atoms with van der Waals surface area (Å²) >= 11 is 7.12. The van der Waals surface area contributed by atoms with Crippen LogP contribution in [-0.2, 0) is 19.1 Å². The van der Waals surface area contributed by atoms with Crippen LogP contribution in [0.1, 0.15) is 13.3 Å². The average molecular weight is 450 g/mol. The quantitative estimate of drug-likeness (QED) is 0.391. The molecule has 2 aromatic rings. The second kappa shape index (κ2) is 9.14. The molecular weight excluding hydrogens is 434 g/mol. The van der Waals surface area contributed by atoms with Crippen molar-refractivity contribution in [3.63, 3.8) is 0 Å². The van der Waals surface area contributed by atoms with Crippen molar-refractivity contribution in [3.8, 4) is 0 Å². The lowest BCUT2D eigenvalue weighted by atomic mass is 10.2. The molecule has 11 heteroatoms. The highest BCUT2D eigenvalue weighted by Gasteiger charge is 2.31. The van der Waals surface area contributed by atoms with Crippen LogP contribution >= 0.6 is 23.4 Å². The molecule has 0 spiro atoms. The van der Waals surface area contributed by atoms with Crippen molar-refractivity contribution in [2.24, 2.45) is 0 Å². The summed E-state index contributed by atoms with van der Waals surface area (Å²) in [7, 11) is 0. The molecule has 2 amide bonds. The fourth-order valence-electron chi connectivity index (χ4n) is 2.65. The monoisotopic (exact) mass is 449 g/mol. The molecule has 3 rings (SSSR count). The Bertz CT molecular complexity index is 1030. The number of carbonyl (C=O) groups is 3. The van der Waals surface area contributed by atoms with Gasteiger partial charge in [-0.15, -0.1) is 11.8 Å². The van der Waals surface area contributed by atoms with Gasteiger partial charge in [0.25, 0.3) is 11.6 Å². The Morgan fingerprint density at radius 3 is 2.83 bits per heavy atom. The van der Waals surface area contributed by atoms with Crippen molar-refractivity contribution in [3.05, 3.63) is 57.6 Å². The van der Waals surface area contributed by atoms with Gasteiger partial charge in [-0.05, 0) is 31.2 Å². The maximum atomic E-state index is 12.2. The molecule has 0 saturated carbocycles. The number of nitro benzene ring substituents is 1. The number of anilines is 2. The van der Waals surface area contributed by atoms with Crippen molar-refractivity contribution in [2.45, 2.75) is 29.6 Å². The van der Waals surface area contributed by atoms with Crippen LogP contribution in [0.2, 0.25) is 5.02 Å². The van der Waals surface area contributed by atoms with Gasteiger partial charge in [-0.25, -0.2) is 0 Å². The largest absolute Gasteiger partial charge is 0.452 e. The van der Waals surface area contributed by atoms with Gasteiger partial charge >= 0.3 is 5.97 Å². The van der Waals surface area contributed by atoms with E-state index in [1.807, 2.05) is 0 Å². The number of nitrogens with zero attached hydrogens (tertiary/aromatic N) is 1. The molecule has 1 heterocycles. The van der Waals surface area contributed by atoms with Gasteiger partial charge in [0, 0.05) is 27.7 Å². The molecule has 9 nitrogen and oxygen atoms in total. The van der Waals surface area contributed by atoms with Crippen LogP contribution < -0.4 is 10.6 Å². The van der Waals surface area contributed by atoms with Crippen molar-refractivity contribution >= 4 is 58.2 Å². The van der Waals surface area contributed by atoms with Crippen molar-refractivity contribution in [2.75, 3.05) is 10.6 Å². The number of esters is 1. The minimum Gasteiger partial charge on any atom is -0.452 e. The summed E-state index contributed by atoms with van der Waals surface area (Å²) in [5.41, 5.74) is 0.598. The maximum Gasteiger partial charge on any atom is 0.308 e. The molecule has 0 aliphatic carbocycles. The summed E-state index contributed by atoms with van der Waals surface area (Å²) < 4.78 is 5.12. The Morgan fingerprint density at radius 2 is 2.10 bits per heavy atom. The van der Waals surface area contributed by atoms with Gasteiger partial charge in [0.2, 0.25) is 5.91 Å². The molecule has 2 aromatic carbocycles. The average Bonchev–Trinajstić information content (AvgIpc) is 2.68. The number of hydrogen-bond acceptors (Lipinski definition) is 7. The van der Waals surface area contributed by atoms with Crippen LogP contribution in [0, 0.1) is 10.1 Å². The number of thioether (sulfide) groups is 1. The third-order valence-corrected chi connectivity index (χ3v) is 5.63.